The number of hydrogen-bond acceptors (Lipinski definition) is 2. The third-order valence-electron chi connectivity index (χ3n) is 4.71. The minimum Gasteiger partial charge on any atom is -0.481 e. The first-order valence-corrected chi connectivity index (χ1v) is 7.71. The first-order chi connectivity index (χ1) is 9.69. The van der Waals surface area contributed by atoms with E-state index in [0.29, 0.717) is 0 Å². The van der Waals surface area contributed by atoms with Gasteiger partial charge < -0.3 is 5.11 Å². The highest BCUT2D eigenvalue weighted by Crippen LogP contribution is 2.34. The van der Waals surface area contributed by atoms with Crippen molar-refractivity contribution in [1.82, 2.24) is 4.90 Å². The smallest absolute Gasteiger partial charge is 0.307 e. The first-order valence-electron chi connectivity index (χ1n) is 7.71. The van der Waals surface area contributed by atoms with Crippen LogP contribution < -0.4 is 0 Å². The van der Waals surface area contributed by atoms with Crippen LogP contribution in [0.1, 0.15) is 36.8 Å². The molecule has 2 aliphatic rings. The number of carbonyl (C=O) groups is 1. The molecule has 1 aromatic carbocycles. The number of rotatable bonds is 4. The Balaban J connectivity index is 1.58. The maximum Gasteiger partial charge on any atom is 0.307 e. The fraction of sp³-hybridized carbons (Fsp3) is 0.588. The van der Waals surface area contributed by atoms with Crippen LogP contribution >= 0.6 is 0 Å². The SMILES string of the molecule is O=C(O)Cc1ccc(CN2CC3CCCC(C3)C2)cc1. The van der Waals surface area contributed by atoms with E-state index in [9.17, 15) is 4.79 Å². The van der Waals surface area contributed by atoms with Crippen LogP contribution in [0, 0.1) is 11.8 Å². The Morgan fingerprint density at radius 1 is 1.10 bits per heavy atom. The van der Waals surface area contributed by atoms with Crippen LogP contribution in [0.15, 0.2) is 24.3 Å². The molecule has 1 aliphatic carbocycles. The monoisotopic (exact) mass is 273 g/mol. The number of hydrogen-bond donors (Lipinski definition) is 1. The molecule has 1 heterocycles. The topological polar surface area (TPSA) is 40.5 Å². The van der Waals surface area contributed by atoms with Crippen molar-refractivity contribution in [1.29, 1.82) is 0 Å². The van der Waals surface area contributed by atoms with Gasteiger partial charge >= 0.3 is 5.97 Å². The molecule has 108 valence electrons. The summed E-state index contributed by atoms with van der Waals surface area (Å²) in [6.07, 6.45) is 5.80. The van der Waals surface area contributed by atoms with E-state index in [1.807, 2.05) is 12.1 Å². The number of likely N-dealkylation sites (tertiary alicyclic amines) is 1. The number of nitrogens with zero attached hydrogens (tertiary/aromatic N) is 1. The molecule has 0 spiro atoms. The molecule has 3 rings (SSSR count). The number of carboxylic acid groups (broad SMARTS) is 1. The summed E-state index contributed by atoms with van der Waals surface area (Å²) >= 11 is 0. The van der Waals surface area contributed by atoms with Crippen molar-refractivity contribution in [2.75, 3.05) is 13.1 Å². The zero-order valence-corrected chi connectivity index (χ0v) is 11.9. The van der Waals surface area contributed by atoms with E-state index in [-0.39, 0.29) is 6.42 Å². The minimum absolute atomic E-state index is 0.119. The lowest BCUT2D eigenvalue weighted by molar-refractivity contribution is -0.136. The van der Waals surface area contributed by atoms with Gasteiger partial charge in [-0.3, -0.25) is 9.69 Å². The molecule has 0 radical (unpaired) electrons. The fourth-order valence-electron chi connectivity index (χ4n) is 3.86. The molecule has 2 bridgehead atoms. The molecule has 1 saturated carbocycles. The molecule has 3 nitrogen and oxygen atoms in total. The van der Waals surface area contributed by atoms with Crippen molar-refractivity contribution < 1.29 is 9.90 Å². The highest BCUT2D eigenvalue weighted by atomic mass is 16.4. The summed E-state index contributed by atoms with van der Waals surface area (Å²) < 4.78 is 0. The second-order valence-corrected chi connectivity index (χ2v) is 6.48. The molecule has 20 heavy (non-hydrogen) atoms. The quantitative estimate of drug-likeness (QED) is 0.917. The second-order valence-electron chi connectivity index (χ2n) is 6.48. The maximum absolute atomic E-state index is 10.7. The van der Waals surface area contributed by atoms with Gasteiger partial charge in [0, 0.05) is 19.6 Å². The maximum atomic E-state index is 10.7. The average molecular weight is 273 g/mol. The summed E-state index contributed by atoms with van der Waals surface area (Å²) in [6.45, 7) is 3.50. The van der Waals surface area contributed by atoms with E-state index in [0.717, 1.165) is 23.9 Å². The zero-order chi connectivity index (χ0) is 13.9. The predicted molar refractivity (Wildman–Crippen MR) is 78.5 cm³/mol. The fourth-order valence-corrected chi connectivity index (χ4v) is 3.86. The number of piperidine rings is 1. The van der Waals surface area contributed by atoms with E-state index in [4.69, 9.17) is 5.11 Å². The van der Waals surface area contributed by atoms with Crippen molar-refractivity contribution in [2.24, 2.45) is 11.8 Å². The molecule has 0 amide bonds. The van der Waals surface area contributed by atoms with E-state index >= 15 is 0 Å². The Bertz CT molecular complexity index is 456. The molecule has 1 aromatic rings. The molecular formula is C17H23NO2. The summed E-state index contributed by atoms with van der Waals surface area (Å²) in [5, 5.41) is 8.78. The lowest BCUT2D eigenvalue weighted by atomic mass is 9.78. The summed E-state index contributed by atoms with van der Waals surface area (Å²) in [6, 6.07) is 8.08. The van der Waals surface area contributed by atoms with E-state index < -0.39 is 5.97 Å². The summed E-state index contributed by atoms with van der Waals surface area (Å²) in [4.78, 5) is 13.3. The predicted octanol–water partition coefficient (Wildman–Crippen LogP) is 2.94. The molecule has 2 atom stereocenters. The average Bonchev–Trinajstić information content (AvgIpc) is 2.40. The zero-order valence-electron chi connectivity index (χ0n) is 11.9. The molecule has 2 unspecified atom stereocenters. The summed E-state index contributed by atoms with van der Waals surface area (Å²) in [7, 11) is 0. The molecule has 1 saturated heterocycles. The number of benzene rings is 1. The van der Waals surface area contributed by atoms with Crippen LogP contribution in [0.25, 0.3) is 0 Å². The Labute approximate surface area is 120 Å². The van der Waals surface area contributed by atoms with E-state index in [1.165, 1.54) is 44.3 Å². The van der Waals surface area contributed by atoms with Gasteiger partial charge in [0.15, 0.2) is 0 Å². The third kappa shape index (κ3) is 3.40. The summed E-state index contributed by atoms with van der Waals surface area (Å²) in [5.41, 5.74) is 2.19. The van der Waals surface area contributed by atoms with Gasteiger partial charge in [0.2, 0.25) is 0 Å². The van der Waals surface area contributed by atoms with Gasteiger partial charge in [-0.05, 0) is 42.2 Å². The number of carboxylic acids is 1. The van der Waals surface area contributed by atoms with Gasteiger partial charge in [0.05, 0.1) is 6.42 Å². The van der Waals surface area contributed by atoms with E-state index in [1.54, 1.807) is 0 Å². The van der Waals surface area contributed by atoms with Gasteiger partial charge in [-0.1, -0.05) is 30.7 Å². The molecule has 2 fully saturated rings. The van der Waals surface area contributed by atoms with Crippen molar-refractivity contribution in [2.45, 2.75) is 38.6 Å². The van der Waals surface area contributed by atoms with Crippen molar-refractivity contribution >= 4 is 5.97 Å². The van der Waals surface area contributed by atoms with Gasteiger partial charge in [-0.25, -0.2) is 0 Å². The number of fused-ring (bicyclic) bond motifs is 2. The molecule has 0 aromatic heterocycles. The summed E-state index contributed by atoms with van der Waals surface area (Å²) in [5.74, 6) is 1.06. The van der Waals surface area contributed by atoms with Crippen LogP contribution in [0.5, 0.6) is 0 Å². The largest absolute Gasteiger partial charge is 0.481 e. The highest BCUT2D eigenvalue weighted by Gasteiger charge is 2.30. The van der Waals surface area contributed by atoms with Crippen molar-refractivity contribution in [3.8, 4) is 0 Å². The molecule has 3 heteroatoms. The van der Waals surface area contributed by atoms with Crippen molar-refractivity contribution in [3.05, 3.63) is 35.4 Å². The van der Waals surface area contributed by atoms with Gasteiger partial charge in [-0.2, -0.15) is 0 Å². The lowest BCUT2D eigenvalue weighted by Crippen LogP contribution is -2.42. The van der Waals surface area contributed by atoms with E-state index in [2.05, 4.69) is 17.0 Å². The van der Waals surface area contributed by atoms with Crippen LogP contribution in [-0.4, -0.2) is 29.1 Å². The Morgan fingerprint density at radius 3 is 2.30 bits per heavy atom. The number of aliphatic carboxylic acids is 1. The normalized spacial score (nSPS) is 26.4. The lowest BCUT2D eigenvalue weighted by Gasteiger charge is -2.41. The Hall–Kier alpha value is -1.35. The van der Waals surface area contributed by atoms with Gasteiger partial charge in [0.25, 0.3) is 0 Å². The minimum atomic E-state index is -0.762. The first kappa shape index (κ1) is 13.6. The Kier molecular flexibility index (Phi) is 4.06. The second kappa shape index (κ2) is 5.96. The Morgan fingerprint density at radius 2 is 1.70 bits per heavy atom. The van der Waals surface area contributed by atoms with Crippen LogP contribution in [0.3, 0.4) is 0 Å². The van der Waals surface area contributed by atoms with Crippen LogP contribution in [0.4, 0.5) is 0 Å². The molecule has 1 N–H and O–H groups in total. The van der Waals surface area contributed by atoms with Gasteiger partial charge in [-0.15, -0.1) is 0 Å². The highest BCUT2D eigenvalue weighted by molar-refractivity contribution is 5.70. The molecular weight excluding hydrogens is 250 g/mol. The van der Waals surface area contributed by atoms with Crippen molar-refractivity contribution in [3.63, 3.8) is 0 Å². The standard InChI is InChI=1S/C17H23NO2/c19-17(20)9-13-4-6-14(7-5-13)10-18-11-15-2-1-3-16(8-15)12-18/h4-7,15-16H,1-3,8-12H2,(H,19,20). The third-order valence-corrected chi connectivity index (χ3v) is 4.71. The van der Waals surface area contributed by atoms with Crippen LogP contribution in [-0.2, 0) is 17.8 Å². The molecule has 1 aliphatic heterocycles. The van der Waals surface area contributed by atoms with Gasteiger partial charge in [0.1, 0.15) is 0 Å². The van der Waals surface area contributed by atoms with Crippen LogP contribution in [0.2, 0.25) is 0 Å².